The van der Waals surface area contributed by atoms with Crippen molar-refractivity contribution in [1.82, 2.24) is 4.90 Å². The first kappa shape index (κ1) is 16.6. The number of hydrogen-bond donors (Lipinski definition) is 0. The number of anilines is 1. The Hall–Kier alpha value is -0.870. The predicted octanol–water partition coefficient (Wildman–Crippen LogP) is 4.48. The number of amides is 1. The van der Waals surface area contributed by atoms with E-state index in [0.29, 0.717) is 6.04 Å². The molecule has 0 unspecified atom stereocenters. The zero-order valence-corrected chi connectivity index (χ0v) is 16.5. The van der Waals surface area contributed by atoms with E-state index in [-0.39, 0.29) is 11.4 Å². The number of carbonyl (C=O) groups is 1. The molecule has 0 radical (unpaired) electrons. The molecule has 2 fully saturated rings. The SMILES string of the molecule is CC1(C)C(=O)N([C@H]2C[C@@](C)(N3CCCCC3)C2)c2cc(Br)ccc21. The van der Waals surface area contributed by atoms with Crippen molar-refractivity contribution >= 4 is 27.5 Å². The lowest BCUT2D eigenvalue weighted by Crippen LogP contribution is -2.64. The molecule has 2 heterocycles. The fourth-order valence-corrected chi connectivity index (χ4v) is 5.30. The quantitative estimate of drug-likeness (QED) is 0.742. The number of piperidine rings is 1. The zero-order chi connectivity index (χ0) is 17.1. The summed E-state index contributed by atoms with van der Waals surface area (Å²) < 4.78 is 1.05. The molecule has 24 heavy (non-hydrogen) atoms. The first-order chi connectivity index (χ1) is 11.3. The predicted molar refractivity (Wildman–Crippen MR) is 102 cm³/mol. The summed E-state index contributed by atoms with van der Waals surface area (Å²) in [6.07, 6.45) is 6.22. The average molecular weight is 391 g/mol. The molecule has 0 N–H and O–H groups in total. The van der Waals surface area contributed by atoms with Gasteiger partial charge in [-0.15, -0.1) is 0 Å². The van der Waals surface area contributed by atoms with Gasteiger partial charge in [0.1, 0.15) is 0 Å². The Morgan fingerprint density at radius 2 is 1.75 bits per heavy atom. The molecule has 3 aliphatic rings. The molecule has 0 bridgehead atoms. The molecular weight excluding hydrogens is 364 g/mol. The van der Waals surface area contributed by atoms with Crippen LogP contribution in [0.15, 0.2) is 22.7 Å². The summed E-state index contributed by atoms with van der Waals surface area (Å²) >= 11 is 3.58. The van der Waals surface area contributed by atoms with E-state index >= 15 is 0 Å². The standard InChI is InChI=1S/C20H27BrN2O/c1-19(2)16-8-7-14(21)11-17(16)23(18(19)24)15-12-20(3,13-15)22-9-5-4-6-10-22/h7-8,11,15H,4-6,9-10,12-13H2,1-3H3/t15-,20+. The second-order valence-corrected chi connectivity index (χ2v) is 9.48. The van der Waals surface area contributed by atoms with Gasteiger partial charge in [-0.05, 0) is 77.2 Å². The number of fused-ring (bicyclic) bond motifs is 1. The van der Waals surface area contributed by atoms with Gasteiger partial charge in [-0.25, -0.2) is 0 Å². The molecule has 0 spiro atoms. The lowest BCUT2D eigenvalue weighted by atomic mass is 9.71. The van der Waals surface area contributed by atoms with Crippen LogP contribution in [0.4, 0.5) is 5.69 Å². The maximum absolute atomic E-state index is 13.1. The minimum atomic E-state index is -0.410. The minimum absolute atomic E-state index is 0.265. The Bertz CT molecular complexity index is 672. The molecule has 130 valence electrons. The molecule has 1 saturated carbocycles. The van der Waals surface area contributed by atoms with Gasteiger partial charge in [0.25, 0.3) is 0 Å². The highest BCUT2D eigenvalue weighted by atomic mass is 79.9. The van der Waals surface area contributed by atoms with E-state index in [1.807, 2.05) is 0 Å². The van der Waals surface area contributed by atoms with Crippen LogP contribution in [0.2, 0.25) is 0 Å². The lowest BCUT2D eigenvalue weighted by Gasteiger charge is -2.55. The Morgan fingerprint density at radius 1 is 1.08 bits per heavy atom. The summed E-state index contributed by atoms with van der Waals surface area (Å²) in [7, 11) is 0. The van der Waals surface area contributed by atoms with Crippen LogP contribution in [0.5, 0.6) is 0 Å². The van der Waals surface area contributed by atoms with Crippen LogP contribution in [0, 0.1) is 0 Å². The van der Waals surface area contributed by atoms with Gasteiger partial charge in [0, 0.05) is 21.7 Å². The number of nitrogens with zero attached hydrogens (tertiary/aromatic N) is 2. The fourth-order valence-electron chi connectivity index (χ4n) is 4.95. The molecule has 4 rings (SSSR count). The molecule has 0 atom stereocenters. The van der Waals surface area contributed by atoms with Crippen molar-refractivity contribution in [3.63, 3.8) is 0 Å². The third-order valence-electron chi connectivity index (χ3n) is 6.48. The Labute approximate surface area is 153 Å². The van der Waals surface area contributed by atoms with Crippen LogP contribution in [0.25, 0.3) is 0 Å². The van der Waals surface area contributed by atoms with Crippen LogP contribution in [-0.4, -0.2) is 35.5 Å². The largest absolute Gasteiger partial charge is 0.308 e. The van der Waals surface area contributed by atoms with Gasteiger partial charge in [0.2, 0.25) is 5.91 Å². The Balaban J connectivity index is 1.58. The summed E-state index contributed by atoms with van der Waals surface area (Å²) in [4.78, 5) is 17.9. The van der Waals surface area contributed by atoms with E-state index in [0.717, 1.165) is 23.0 Å². The van der Waals surface area contributed by atoms with E-state index in [1.165, 1.54) is 37.9 Å². The van der Waals surface area contributed by atoms with E-state index in [4.69, 9.17) is 0 Å². The maximum Gasteiger partial charge on any atom is 0.237 e. The Kier molecular flexibility index (Phi) is 3.85. The highest BCUT2D eigenvalue weighted by Gasteiger charge is 2.53. The maximum atomic E-state index is 13.1. The normalized spacial score (nSPS) is 32.6. The second kappa shape index (κ2) is 5.57. The summed E-state index contributed by atoms with van der Waals surface area (Å²) in [5.74, 6) is 0.265. The summed E-state index contributed by atoms with van der Waals surface area (Å²) in [5, 5.41) is 0. The van der Waals surface area contributed by atoms with E-state index < -0.39 is 5.41 Å². The molecule has 3 nitrogen and oxygen atoms in total. The third-order valence-corrected chi connectivity index (χ3v) is 6.97. The number of hydrogen-bond acceptors (Lipinski definition) is 2. The molecule has 1 aliphatic carbocycles. The van der Waals surface area contributed by atoms with Crippen LogP contribution in [0.1, 0.15) is 58.4 Å². The molecule has 0 aromatic heterocycles. The van der Waals surface area contributed by atoms with E-state index in [1.54, 1.807) is 0 Å². The first-order valence-corrected chi connectivity index (χ1v) is 10.0. The second-order valence-electron chi connectivity index (χ2n) is 8.57. The van der Waals surface area contributed by atoms with Crippen molar-refractivity contribution in [3.8, 4) is 0 Å². The number of likely N-dealkylation sites (tertiary alicyclic amines) is 1. The molecule has 2 aliphatic heterocycles. The Morgan fingerprint density at radius 3 is 2.42 bits per heavy atom. The van der Waals surface area contributed by atoms with Gasteiger partial charge in [-0.1, -0.05) is 28.4 Å². The number of halogens is 1. The van der Waals surface area contributed by atoms with Crippen LogP contribution < -0.4 is 4.90 Å². The third kappa shape index (κ3) is 2.37. The van der Waals surface area contributed by atoms with Gasteiger partial charge in [-0.3, -0.25) is 9.69 Å². The number of carbonyl (C=O) groups excluding carboxylic acids is 1. The van der Waals surface area contributed by atoms with Gasteiger partial charge >= 0.3 is 0 Å². The topological polar surface area (TPSA) is 23.6 Å². The summed E-state index contributed by atoms with van der Waals surface area (Å²) in [5.41, 5.74) is 2.16. The number of benzene rings is 1. The molecule has 4 heteroatoms. The van der Waals surface area contributed by atoms with Crippen LogP contribution in [-0.2, 0) is 10.2 Å². The van der Waals surface area contributed by atoms with E-state index in [2.05, 4.69) is 64.7 Å². The van der Waals surface area contributed by atoms with Crippen molar-refractivity contribution in [3.05, 3.63) is 28.2 Å². The van der Waals surface area contributed by atoms with Crippen molar-refractivity contribution in [2.45, 2.75) is 69.9 Å². The van der Waals surface area contributed by atoms with Gasteiger partial charge in [0.05, 0.1) is 5.41 Å². The van der Waals surface area contributed by atoms with Crippen LogP contribution in [0.3, 0.4) is 0 Å². The van der Waals surface area contributed by atoms with E-state index in [9.17, 15) is 4.79 Å². The van der Waals surface area contributed by atoms with Gasteiger partial charge in [-0.2, -0.15) is 0 Å². The molecular formula is C20H27BrN2O. The highest BCUT2D eigenvalue weighted by Crippen LogP contribution is 2.50. The summed E-state index contributed by atoms with van der Waals surface area (Å²) in [6.45, 7) is 8.97. The molecule has 1 saturated heterocycles. The smallest absolute Gasteiger partial charge is 0.237 e. The van der Waals surface area contributed by atoms with Crippen molar-refractivity contribution in [1.29, 1.82) is 0 Å². The molecule has 1 amide bonds. The summed E-state index contributed by atoms with van der Waals surface area (Å²) in [6, 6.07) is 6.63. The van der Waals surface area contributed by atoms with Crippen molar-refractivity contribution in [2.24, 2.45) is 0 Å². The lowest BCUT2D eigenvalue weighted by molar-refractivity contribution is -0.123. The molecule has 1 aromatic rings. The number of rotatable bonds is 2. The van der Waals surface area contributed by atoms with Crippen molar-refractivity contribution in [2.75, 3.05) is 18.0 Å². The highest BCUT2D eigenvalue weighted by molar-refractivity contribution is 9.10. The zero-order valence-electron chi connectivity index (χ0n) is 14.9. The van der Waals surface area contributed by atoms with Gasteiger partial charge < -0.3 is 4.90 Å². The average Bonchev–Trinajstić information content (AvgIpc) is 2.72. The molecule has 1 aromatic carbocycles. The minimum Gasteiger partial charge on any atom is -0.308 e. The fraction of sp³-hybridized carbons (Fsp3) is 0.650. The monoisotopic (exact) mass is 390 g/mol. The van der Waals surface area contributed by atoms with Crippen molar-refractivity contribution < 1.29 is 4.79 Å². The van der Waals surface area contributed by atoms with Crippen LogP contribution >= 0.6 is 15.9 Å². The first-order valence-electron chi connectivity index (χ1n) is 9.22. The van der Waals surface area contributed by atoms with Gasteiger partial charge in [0.15, 0.2) is 0 Å².